The summed E-state index contributed by atoms with van der Waals surface area (Å²) in [4.78, 5) is 39.4. The van der Waals surface area contributed by atoms with Crippen molar-refractivity contribution in [3.05, 3.63) is 23.5 Å². The summed E-state index contributed by atoms with van der Waals surface area (Å²) in [6.07, 6.45) is 3.02. The summed E-state index contributed by atoms with van der Waals surface area (Å²) in [6, 6.07) is 1.55. The topological polar surface area (TPSA) is 90.5 Å². The molecule has 0 saturated carbocycles. The molecular formula is C15H20N2O4. The van der Waals surface area contributed by atoms with Crippen LogP contribution in [0, 0.1) is 5.41 Å². The van der Waals surface area contributed by atoms with E-state index in [9.17, 15) is 19.5 Å². The van der Waals surface area contributed by atoms with E-state index in [0.717, 1.165) is 0 Å². The number of likely N-dealkylation sites (tertiary alicyclic amines) is 1. The molecule has 1 amide bonds. The smallest absolute Gasteiger partial charge is 0.309 e. The number of carbonyl (C=O) groups is 3. The van der Waals surface area contributed by atoms with Gasteiger partial charge in [-0.2, -0.15) is 0 Å². The predicted octanol–water partition coefficient (Wildman–Crippen LogP) is 1.93. The molecule has 2 rings (SSSR count). The maximum atomic E-state index is 12.3. The van der Waals surface area contributed by atoms with Crippen molar-refractivity contribution < 1.29 is 19.5 Å². The number of ketones is 1. The summed E-state index contributed by atoms with van der Waals surface area (Å²) in [5, 5.41) is 9.35. The Balaban J connectivity index is 2.06. The summed E-state index contributed by atoms with van der Waals surface area (Å²) in [7, 11) is 0. The molecule has 2 N–H and O–H groups in total. The van der Waals surface area contributed by atoms with Crippen molar-refractivity contribution in [3.63, 3.8) is 0 Å². The largest absolute Gasteiger partial charge is 0.481 e. The highest BCUT2D eigenvalue weighted by Crippen LogP contribution is 2.35. The molecule has 1 aromatic rings. The SMILES string of the molecule is CCC1(C(=O)O)CCN(C(=O)c2cc(C(C)=O)c[nH]2)CC1. The number of hydrogen-bond donors (Lipinski definition) is 2. The molecule has 114 valence electrons. The second kappa shape index (κ2) is 5.71. The van der Waals surface area contributed by atoms with Crippen LogP contribution in [0.2, 0.25) is 0 Å². The minimum absolute atomic E-state index is 0.0974. The molecule has 6 nitrogen and oxygen atoms in total. The van der Waals surface area contributed by atoms with Crippen LogP contribution in [0.4, 0.5) is 0 Å². The van der Waals surface area contributed by atoms with E-state index < -0.39 is 11.4 Å². The molecule has 0 radical (unpaired) electrons. The van der Waals surface area contributed by atoms with Gasteiger partial charge >= 0.3 is 5.97 Å². The number of amides is 1. The van der Waals surface area contributed by atoms with E-state index in [1.807, 2.05) is 6.92 Å². The number of carboxylic acid groups (broad SMARTS) is 1. The van der Waals surface area contributed by atoms with Gasteiger partial charge < -0.3 is 15.0 Å². The highest BCUT2D eigenvalue weighted by atomic mass is 16.4. The summed E-state index contributed by atoms with van der Waals surface area (Å²) in [5.74, 6) is -1.06. The lowest BCUT2D eigenvalue weighted by Gasteiger charge is -2.38. The molecule has 0 aliphatic carbocycles. The third kappa shape index (κ3) is 2.84. The Kier molecular flexibility index (Phi) is 4.16. The van der Waals surface area contributed by atoms with Gasteiger partial charge in [0.25, 0.3) is 5.91 Å². The Morgan fingerprint density at radius 2 is 1.95 bits per heavy atom. The van der Waals surface area contributed by atoms with Crippen molar-refractivity contribution in [2.45, 2.75) is 33.1 Å². The van der Waals surface area contributed by atoms with Gasteiger partial charge in [-0.15, -0.1) is 0 Å². The Hall–Kier alpha value is -2.11. The van der Waals surface area contributed by atoms with Gasteiger partial charge in [-0.3, -0.25) is 14.4 Å². The Morgan fingerprint density at radius 3 is 2.38 bits per heavy atom. The number of carbonyl (C=O) groups excluding carboxylic acids is 2. The van der Waals surface area contributed by atoms with E-state index in [1.54, 1.807) is 11.0 Å². The van der Waals surface area contributed by atoms with Gasteiger partial charge in [-0.05, 0) is 32.3 Å². The van der Waals surface area contributed by atoms with Gasteiger partial charge in [0.2, 0.25) is 0 Å². The van der Waals surface area contributed by atoms with Gasteiger partial charge in [0.15, 0.2) is 5.78 Å². The van der Waals surface area contributed by atoms with Gasteiger partial charge in [0.05, 0.1) is 5.41 Å². The molecule has 2 heterocycles. The fraction of sp³-hybridized carbons (Fsp3) is 0.533. The third-order valence-corrected chi connectivity index (χ3v) is 4.46. The third-order valence-electron chi connectivity index (χ3n) is 4.46. The van der Waals surface area contributed by atoms with Crippen molar-refractivity contribution in [1.82, 2.24) is 9.88 Å². The first-order chi connectivity index (χ1) is 9.89. The highest BCUT2D eigenvalue weighted by Gasteiger charge is 2.41. The number of H-pyrrole nitrogens is 1. The van der Waals surface area contributed by atoms with Crippen LogP contribution >= 0.6 is 0 Å². The maximum Gasteiger partial charge on any atom is 0.309 e. The number of nitrogens with one attached hydrogen (secondary N) is 1. The Bertz CT molecular complexity index is 568. The molecular weight excluding hydrogens is 272 g/mol. The zero-order valence-corrected chi connectivity index (χ0v) is 12.3. The van der Waals surface area contributed by atoms with Crippen LogP contribution in [-0.2, 0) is 4.79 Å². The highest BCUT2D eigenvalue weighted by molar-refractivity contribution is 5.99. The molecule has 0 aromatic carbocycles. The quantitative estimate of drug-likeness (QED) is 0.830. The van der Waals surface area contributed by atoms with E-state index in [1.165, 1.54) is 13.1 Å². The number of rotatable bonds is 4. The van der Waals surface area contributed by atoms with Gasteiger partial charge in [0.1, 0.15) is 5.69 Å². The van der Waals surface area contributed by atoms with Crippen molar-refractivity contribution in [2.75, 3.05) is 13.1 Å². The molecule has 21 heavy (non-hydrogen) atoms. The molecule has 1 saturated heterocycles. The zero-order valence-electron chi connectivity index (χ0n) is 12.3. The minimum Gasteiger partial charge on any atom is -0.481 e. The van der Waals surface area contributed by atoms with Crippen LogP contribution < -0.4 is 0 Å². The molecule has 6 heteroatoms. The number of nitrogens with zero attached hydrogens (tertiary/aromatic N) is 1. The fourth-order valence-corrected chi connectivity index (χ4v) is 2.75. The molecule has 1 fully saturated rings. The Morgan fingerprint density at radius 1 is 1.33 bits per heavy atom. The van der Waals surface area contributed by atoms with E-state index in [0.29, 0.717) is 43.6 Å². The Labute approximate surface area is 123 Å². The lowest BCUT2D eigenvalue weighted by atomic mass is 9.76. The van der Waals surface area contributed by atoms with E-state index in [-0.39, 0.29) is 11.7 Å². The van der Waals surface area contributed by atoms with Crippen LogP contribution in [0.5, 0.6) is 0 Å². The lowest BCUT2D eigenvalue weighted by molar-refractivity contribution is -0.152. The van der Waals surface area contributed by atoms with Crippen LogP contribution in [0.15, 0.2) is 12.3 Å². The molecule has 1 aliphatic heterocycles. The lowest BCUT2D eigenvalue weighted by Crippen LogP contribution is -2.46. The number of piperidine rings is 1. The first-order valence-corrected chi connectivity index (χ1v) is 7.11. The first kappa shape index (κ1) is 15.3. The molecule has 0 bridgehead atoms. The number of aromatic amines is 1. The van der Waals surface area contributed by atoms with E-state index in [2.05, 4.69) is 4.98 Å². The van der Waals surface area contributed by atoms with Gasteiger partial charge in [0, 0.05) is 24.8 Å². The zero-order chi connectivity index (χ0) is 15.6. The maximum absolute atomic E-state index is 12.3. The van der Waals surface area contributed by atoms with Crippen molar-refractivity contribution in [2.24, 2.45) is 5.41 Å². The van der Waals surface area contributed by atoms with E-state index >= 15 is 0 Å². The van der Waals surface area contributed by atoms with Gasteiger partial charge in [-0.25, -0.2) is 0 Å². The first-order valence-electron chi connectivity index (χ1n) is 7.11. The monoisotopic (exact) mass is 292 g/mol. The molecule has 1 aliphatic rings. The van der Waals surface area contributed by atoms with Gasteiger partial charge in [-0.1, -0.05) is 6.92 Å². The normalized spacial score (nSPS) is 17.5. The molecule has 1 aromatic heterocycles. The second-order valence-electron chi connectivity index (χ2n) is 5.59. The van der Waals surface area contributed by atoms with Crippen molar-refractivity contribution in [3.8, 4) is 0 Å². The number of aromatic nitrogens is 1. The number of Topliss-reactive ketones (excluding diaryl/α,β-unsaturated/α-hetero) is 1. The number of aliphatic carboxylic acids is 1. The van der Waals surface area contributed by atoms with Crippen LogP contribution in [-0.4, -0.2) is 45.7 Å². The fourth-order valence-electron chi connectivity index (χ4n) is 2.75. The summed E-state index contributed by atoms with van der Waals surface area (Å²) < 4.78 is 0. The predicted molar refractivity (Wildman–Crippen MR) is 76.3 cm³/mol. The minimum atomic E-state index is -0.782. The van der Waals surface area contributed by atoms with Crippen molar-refractivity contribution >= 4 is 17.7 Å². The number of carboxylic acids is 1. The average Bonchev–Trinajstić information content (AvgIpc) is 2.96. The van der Waals surface area contributed by atoms with E-state index in [4.69, 9.17) is 0 Å². The molecule has 0 spiro atoms. The molecule has 0 atom stereocenters. The number of hydrogen-bond acceptors (Lipinski definition) is 3. The standard InChI is InChI=1S/C15H20N2O4/c1-3-15(14(20)21)4-6-17(7-5-15)13(19)12-8-11(9-16-12)10(2)18/h8-9,16H,3-7H2,1-2H3,(H,20,21). The second-order valence-corrected chi connectivity index (χ2v) is 5.59. The van der Waals surface area contributed by atoms with Crippen molar-refractivity contribution in [1.29, 1.82) is 0 Å². The summed E-state index contributed by atoms with van der Waals surface area (Å²) in [6.45, 7) is 4.16. The summed E-state index contributed by atoms with van der Waals surface area (Å²) >= 11 is 0. The average molecular weight is 292 g/mol. The summed E-state index contributed by atoms with van der Waals surface area (Å²) in [5.41, 5.74) is 0.139. The molecule has 0 unspecified atom stereocenters. The van der Waals surface area contributed by atoms with Crippen LogP contribution in [0.25, 0.3) is 0 Å². The van der Waals surface area contributed by atoms with Crippen LogP contribution in [0.3, 0.4) is 0 Å². The van der Waals surface area contributed by atoms with Crippen LogP contribution in [0.1, 0.15) is 54.0 Å².